The molecule has 8 heteroatoms. The molecule has 5 nitrogen and oxygen atoms in total. The number of benzene rings is 2. The molecule has 26 heavy (non-hydrogen) atoms. The van der Waals surface area contributed by atoms with Gasteiger partial charge in [0.15, 0.2) is 0 Å². The molecule has 1 atom stereocenters. The van der Waals surface area contributed by atoms with Crippen LogP contribution in [0.1, 0.15) is 17.9 Å². The first kappa shape index (κ1) is 19.5. The van der Waals surface area contributed by atoms with Crippen molar-refractivity contribution in [2.24, 2.45) is 0 Å². The Kier molecular flexibility index (Phi) is 6.17. The Morgan fingerprint density at radius 2 is 1.96 bits per heavy atom. The third-order valence-corrected chi connectivity index (χ3v) is 7.94. The van der Waals surface area contributed by atoms with Crippen LogP contribution in [0.4, 0.5) is 0 Å². The third kappa shape index (κ3) is 3.88. The Hall–Kier alpha value is -1.22. The number of halogens is 1. The Labute approximate surface area is 166 Å². The number of methoxy groups -OCH3 is 1. The van der Waals surface area contributed by atoms with Crippen LogP contribution in [0.2, 0.25) is 0 Å². The van der Waals surface area contributed by atoms with Crippen LogP contribution in [0, 0.1) is 0 Å². The van der Waals surface area contributed by atoms with Crippen molar-refractivity contribution in [3.05, 3.63) is 52.5 Å². The molecule has 140 valence electrons. The lowest BCUT2D eigenvalue weighted by Gasteiger charge is -2.24. The first-order valence-corrected chi connectivity index (χ1v) is 11.4. The molecule has 0 saturated carbocycles. The zero-order chi connectivity index (χ0) is 18.7. The minimum absolute atomic E-state index is 0.256. The van der Waals surface area contributed by atoms with Crippen LogP contribution in [0.5, 0.6) is 11.5 Å². The van der Waals surface area contributed by atoms with Crippen LogP contribution >= 0.6 is 27.7 Å². The fourth-order valence-corrected chi connectivity index (χ4v) is 6.60. The number of hydrogen-bond acceptors (Lipinski definition) is 5. The smallest absolute Gasteiger partial charge is 0.244 e. The van der Waals surface area contributed by atoms with Crippen LogP contribution in [-0.4, -0.2) is 38.7 Å². The van der Waals surface area contributed by atoms with Crippen molar-refractivity contribution in [3.63, 3.8) is 0 Å². The van der Waals surface area contributed by atoms with Gasteiger partial charge in [0.05, 0.1) is 28.5 Å². The monoisotopic (exact) mass is 457 g/mol. The van der Waals surface area contributed by atoms with E-state index < -0.39 is 10.0 Å². The summed E-state index contributed by atoms with van der Waals surface area (Å²) in [5.41, 5.74) is 0.926. The summed E-state index contributed by atoms with van der Waals surface area (Å²) in [6, 6.07) is 12.3. The molecule has 0 amide bonds. The van der Waals surface area contributed by atoms with Gasteiger partial charge in [-0.3, -0.25) is 0 Å². The summed E-state index contributed by atoms with van der Waals surface area (Å²) in [6.07, 6.45) is 0. The number of sulfonamides is 1. The van der Waals surface area contributed by atoms with Crippen molar-refractivity contribution in [2.75, 3.05) is 26.0 Å². The van der Waals surface area contributed by atoms with Gasteiger partial charge in [0.1, 0.15) is 11.5 Å². The molecular weight excluding hydrogens is 438 g/mol. The van der Waals surface area contributed by atoms with Crippen LogP contribution in [0.15, 0.2) is 51.8 Å². The summed E-state index contributed by atoms with van der Waals surface area (Å²) < 4.78 is 39.3. The van der Waals surface area contributed by atoms with Crippen molar-refractivity contribution in [3.8, 4) is 11.5 Å². The minimum Gasteiger partial charge on any atom is -0.496 e. The van der Waals surface area contributed by atoms with Gasteiger partial charge in [0.25, 0.3) is 0 Å². The molecule has 0 spiro atoms. The Bertz CT molecular complexity index is 871. The van der Waals surface area contributed by atoms with E-state index in [1.54, 1.807) is 47.4 Å². The number of hydrogen-bond donors (Lipinski definition) is 0. The maximum atomic E-state index is 13.1. The van der Waals surface area contributed by atoms with E-state index in [2.05, 4.69) is 15.9 Å². The standard InChI is InChI=1S/C18H20BrNO4S2/c1-3-24-14-5-7-15(8-6-14)26(21,22)20-10-11-25-18(20)13-4-9-17(23-2)16(19)12-13/h4-9,12,18H,3,10-11H2,1-2H3/t18-/m1/s1. The molecular formula is C18H20BrNO4S2. The Balaban J connectivity index is 1.90. The van der Waals surface area contributed by atoms with E-state index in [1.165, 1.54) is 0 Å². The molecule has 0 radical (unpaired) electrons. The number of thioether (sulfide) groups is 1. The van der Waals surface area contributed by atoms with Gasteiger partial charge in [0.2, 0.25) is 10.0 Å². The molecule has 3 rings (SSSR count). The zero-order valence-electron chi connectivity index (χ0n) is 14.5. The second-order valence-electron chi connectivity index (χ2n) is 5.64. The summed E-state index contributed by atoms with van der Waals surface area (Å²) >= 11 is 5.10. The van der Waals surface area contributed by atoms with Crippen LogP contribution in [-0.2, 0) is 10.0 Å². The van der Waals surface area contributed by atoms with Gasteiger partial charge in [-0.1, -0.05) is 6.07 Å². The van der Waals surface area contributed by atoms with E-state index in [0.717, 1.165) is 21.5 Å². The lowest BCUT2D eigenvalue weighted by Crippen LogP contribution is -2.30. The highest BCUT2D eigenvalue weighted by atomic mass is 79.9. The van der Waals surface area contributed by atoms with E-state index in [4.69, 9.17) is 9.47 Å². The topological polar surface area (TPSA) is 55.8 Å². The van der Waals surface area contributed by atoms with Gasteiger partial charge in [-0.15, -0.1) is 11.8 Å². The molecule has 0 N–H and O–H groups in total. The molecule has 0 bridgehead atoms. The average molecular weight is 458 g/mol. The largest absolute Gasteiger partial charge is 0.496 e. The van der Waals surface area contributed by atoms with Crippen LogP contribution in [0.3, 0.4) is 0 Å². The molecule has 1 heterocycles. The fraction of sp³-hybridized carbons (Fsp3) is 0.333. The number of rotatable bonds is 6. The van der Waals surface area contributed by atoms with E-state index in [0.29, 0.717) is 18.9 Å². The average Bonchev–Trinajstić information content (AvgIpc) is 3.13. The van der Waals surface area contributed by atoms with Crippen molar-refractivity contribution >= 4 is 37.7 Å². The second-order valence-corrected chi connectivity index (χ2v) is 9.57. The summed E-state index contributed by atoms with van der Waals surface area (Å²) in [5, 5.41) is -0.256. The molecule has 0 unspecified atom stereocenters. The first-order chi connectivity index (χ1) is 12.5. The lowest BCUT2D eigenvalue weighted by atomic mass is 10.2. The van der Waals surface area contributed by atoms with Crippen molar-refractivity contribution in [2.45, 2.75) is 17.2 Å². The predicted octanol–water partition coefficient (Wildman–Crippen LogP) is 4.29. The summed E-state index contributed by atoms with van der Waals surface area (Å²) in [6.45, 7) is 2.92. The van der Waals surface area contributed by atoms with Crippen LogP contribution in [0.25, 0.3) is 0 Å². The SMILES string of the molecule is CCOc1ccc(S(=O)(=O)N2CCS[C@@H]2c2ccc(OC)c(Br)c2)cc1. The maximum absolute atomic E-state index is 13.1. The van der Waals surface area contributed by atoms with Gasteiger partial charge < -0.3 is 9.47 Å². The van der Waals surface area contributed by atoms with Gasteiger partial charge in [-0.25, -0.2) is 8.42 Å². The van der Waals surface area contributed by atoms with E-state index in [1.807, 2.05) is 25.1 Å². The lowest BCUT2D eigenvalue weighted by molar-refractivity contribution is 0.340. The van der Waals surface area contributed by atoms with E-state index in [9.17, 15) is 8.42 Å². The van der Waals surface area contributed by atoms with Crippen molar-refractivity contribution in [1.82, 2.24) is 4.31 Å². The minimum atomic E-state index is -3.59. The van der Waals surface area contributed by atoms with Gasteiger partial charge in [-0.05, 0) is 64.8 Å². The highest BCUT2D eigenvalue weighted by Crippen LogP contribution is 2.43. The van der Waals surface area contributed by atoms with Crippen LogP contribution < -0.4 is 9.47 Å². The normalized spacial score (nSPS) is 18.0. The quantitative estimate of drug-likeness (QED) is 0.647. The van der Waals surface area contributed by atoms with E-state index in [-0.39, 0.29) is 10.3 Å². The first-order valence-electron chi connectivity index (χ1n) is 8.17. The van der Waals surface area contributed by atoms with Crippen molar-refractivity contribution in [1.29, 1.82) is 0 Å². The Morgan fingerprint density at radius 3 is 2.58 bits per heavy atom. The molecule has 0 aromatic heterocycles. The maximum Gasteiger partial charge on any atom is 0.244 e. The molecule has 1 aliphatic heterocycles. The molecule has 2 aromatic rings. The molecule has 1 saturated heterocycles. The number of ether oxygens (including phenoxy) is 2. The van der Waals surface area contributed by atoms with E-state index >= 15 is 0 Å². The fourth-order valence-electron chi connectivity index (χ4n) is 2.81. The highest BCUT2D eigenvalue weighted by molar-refractivity contribution is 9.10. The zero-order valence-corrected chi connectivity index (χ0v) is 17.7. The van der Waals surface area contributed by atoms with Crippen molar-refractivity contribution < 1.29 is 17.9 Å². The molecule has 1 aliphatic rings. The summed E-state index contributed by atoms with van der Waals surface area (Å²) in [5.74, 6) is 2.14. The van der Waals surface area contributed by atoms with Gasteiger partial charge in [0, 0.05) is 12.3 Å². The molecule has 2 aromatic carbocycles. The summed E-state index contributed by atoms with van der Waals surface area (Å²) in [7, 11) is -1.98. The second kappa shape index (κ2) is 8.21. The third-order valence-electron chi connectivity index (χ3n) is 4.05. The molecule has 1 fully saturated rings. The highest BCUT2D eigenvalue weighted by Gasteiger charge is 2.37. The van der Waals surface area contributed by atoms with Gasteiger partial charge >= 0.3 is 0 Å². The summed E-state index contributed by atoms with van der Waals surface area (Å²) in [4.78, 5) is 0.279. The Morgan fingerprint density at radius 1 is 1.23 bits per heavy atom. The van der Waals surface area contributed by atoms with Gasteiger partial charge in [-0.2, -0.15) is 4.31 Å². The number of nitrogens with zero attached hydrogens (tertiary/aromatic N) is 1. The predicted molar refractivity (Wildman–Crippen MR) is 107 cm³/mol. The molecule has 0 aliphatic carbocycles.